The maximum Gasteiger partial charge on any atom is 0.274 e. The van der Waals surface area contributed by atoms with Crippen LogP contribution >= 0.6 is 0 Å². The Hall–Kier alpha value is -3.16. The van der Waals surface area contributed by atoms with Gasteiger partial charge in [0.25, 0.3) is 5.91 Å². The Morgan fingerprint density at radius 1 is 1.24 bits per heavy atom. The number of hydrogen-bond donors (Lipinski definition) is 3. The van der Waals surface area contributed by atoms with Crippen LogP contribution in [0.15, 0.2) is 67.0 Å². The minimum atomic E-state index is -0.902. The number of amides is 1. The van der Waals surface area contributed by atoms with E-state index in [0.717, 1.165) is 37.4 Å². The Labute approximate surface area is 226 Å². The van der Waals surface area contributed by atoms with Crippen molar-refractivity contribution in [3.05, 3.63) is 84.0 Å². The Balaban J connectivity index is 1.42. The Morgan fingerprint density at radius 2 is 2.05 bits per heavy atom. The number of aryl methyl sites for hydroxylation is 1. The summed E-state index contributed by atoms with van der Waals surface area (Å²) in [7, 11) is 0. The highest BCUT2D eigenvalue weighted by Crippen LogP contribution is 2.40. The lowest BCUT2D eigenvalue weighted by Crippen LogP contribution is -2.54. The Bertz CT molecular complexity index is 1230. The van der Waals surface area contributed by atoms with Gasteiger partial charge in [-0.15, -0.1) is 0 Å². The molecule has 2 aliphatic carbocycles. The fourth-order valence-electron chi connectivity index (χ4n) is 6.09. The standard InChI is InChI=1S/C31H41N5O2/c1-22-10-4-6-12-25(22)29-28(34-21-36(29)27-14-8-9-16-31(27,3)38)30(37)35-19-18-32-20-24(35)15-17-33-26-13-7-5-11-23(26)2/h4-13,21-22,24-25,27,32-33,38H,14-20H2,1-3H3/t22?,24-,25?,27-,31+/m1/s1. The van der Waals surface area contributed by atoms with Crippen LogP contribution in [0.4, 0.5) is 5.69 Å². The molecule has 1 aromatic carbocycles. The van der Waals surface area contributed by atoms with Crippen LogP contribution in [0.5, 0.6) is 0 Å². The fraction of sp³-hybridized carbons (Fsp3) is 0.484. The summed E-state index contributed by atoms with van der Waals surface area (Å²) >= 11 is 0. The van der Waals surface area contributed by atoms with E-state index in [9.17, 15) is 9.90 Å². The second-order valence-corrected chi connectivity index (χ2v) is 11.2. The van der Waals surface area contributed by atoms with Crippen molar-refractivity contribution in [1.82, 2.24) is 19.8 Å². The van der Waals surface area contributed by atoms with E-state index in [0.29, 0.717) is 25.1 Å². The zero-order valence-corrected chi connectivity index (χ0v) is 22.8. The number of rotatable bonds is 7. The molecule has 7 heteroatoms. The maximum atomic E-state index is 14.2. The number of nitrogens with zero attached hydrogens (tertiary/aromatic N) is 3. The highest BCUT2D eigenvalue weighted by Gasteiger charge is 2.39. The third-order valence-electron chi connectivity index (χ3n) is 8.42. The number of hydrogen-bond acceptors (Lipinski definition) is 5. The molecule has 3 N–H and O–H groups in total. The average Bonchev–Trinajstić information content (AvgIpc) is 3.34. The third kappa shape index (κ3) is 5.36. The van der Waals surface area contributed by atoms with Crippen LogP contribution in [0.2, 0.25) is 0 Å². The van der Waals surface area contributed by atoms with E-state index >= 15 is 0 Å². The predicted molar refractivity (Wildman–Crippen MR) is 152 cm³/mol. The summed E-state index contributed by atoms with van der Waals surface area (Å²) in [6.07, 6.45) is 16.6. The molecule has 7 nitrogen and oxygen atoms in total. The van der Waals surface area contributed by atoms with E-state index in [1.54, 1.807) is 6.33 Å². The van der Waals surface area contributed by atoms with Gasteiger partial charge in [-0.1, -0.05) is 61.6 Å². The first-order valence-electron chi connectivity index (χ1n) is 14.0. The van der Waals surface area contributed by atoms with Gasteiger partial charge in [0, 0.05) is 43.8 Å². The van der Waals surface area contributed by atoms with Gasteiger partial charge < -0.3 is 25.2 Å². The molecule has 5 rings (SSSR count). The van der Waals surface area contributed by atoms with E-state index in [4.69, 9.17) is 4.98 Å². The molecule has 38 heavy (non-hydrogen) atoms. The van der Waals surface area contributed by atoms with Gasteiger partial charge in [-0.05, 0) is 50.7 Å². The van der Waals surface area contributed by atoms with Crippen molar-refractivity contribution < 1.29 is 9.90 Å². The minimum Gasteiger partial charge on any atom is -0.388 e. The molecule has 0 saturated carbocycles. The number of anilines is 1. The number of carbonyl (C=O) groups excluding carboxylic acids is 1. The molecule has 202 valence electrons. The molecule has 0 bridgehead atoms. The average molecular weight is 516 g/mol. The van der Waals surface area contributed by atoms with E-state index in [2.05, 4.69) is 71.6 Å². The van der Waals surface area contributed by atoms with E-state index in [-0.39, 0.29) is 29.8 Å². The number of aromatic nitrogens is 2. The lowest BCUT2D eigenvalue weighted by Gasteiger charge is -2.38. The van der Waals surface area contributed by atoms with Gasteiger partial charge in [-0.2, -0.15) is 0 Å². The Kier molecular flexibility index (Phi) is 7.86. The number of imidazole rings is 1. The van der Waals surface area contributed by atoms with Gasteiger partial charge in [0.05, 0.1) is 23.7 Å². The molecule has 1 fully saturated rings. The molecule has 2 heterocycles. The topological polar surface area (TPSA) is 82.4 Å². The molecule has 1 aliphatic heterocycles. The van der Waals surface area contributed by atoms with Crippen molar-refractivity contribution in [3.8, 4) is 0 Å². The number of benzene rings is 1. The lowest BCUT2D eigenvalue weighted by atomic mass is 9.83. The number of aliphatic hydroxyl groups is 1. The first-order valence-corrected chi connectivity index (χ1v) is 14.0. The van der Waals surface area contributed by atoms with Gasteiger partial charge in [-0.25, -0.2) is 4.98 Å². The number of piperazine rings is 1. The van der Waals surface area contributed by atoms with Gasteiger partial charge >= 0.3 is 0 Å². The van der Waals surface area contributed by atoms with Crippen LogP contribution in [-0.4, -0.2) is 63.3 Å². The second-order valence-electron chi connectivity index (χ2n) is 11.2. The molecular weight excluding hydrogens is 474 g/mol. The van der Waals surface area contributed by atoms with Crippen LogP contribution in [0.3, 0.4) is 0 Å². The SMILES string of the molecule is Cc1ccccc1NCC[C@@H]1CNCCN1C(=O)c1ncn([C@@H]2CC=CC[C@]2(C)O)c1C1C=CC=CC1C. The van der Waals surface area contributed by atoms with Gasteiger partial charge in [-0.3, -0.25) is 4.79 Å². The van der Waals surface area contributed by atoms with Crippen LogP contribution in [0.1, 0.15) is 66.8 Å². The van der Waals surface area contributed by atoms with Gasteiger partial charge in [0.2, 0.25) is 0 Å². The number of nitrogens with one attached hydrogen (secondary N) is 2. The molecule has 2 unspecified atom stereocenters. The maximum absolute atomic E-state index is 14.2. The quantitative estimate of drug-likeness (QED) is 0.470. The highest BCUT2D eigenvalue weighted by atomic mass is 16.3. The first kappa shape index (κ1) is 26.4. The summed E-state index contributed by atoms with van der Waals surface area (Å²) in [5.74, 6) is 0.234. The van der Waals surface area contributed by atoms with E-state index in [1.807, 2.05) is 30.0 Å². The largest absolute Gasteiger partial charge is 0.388 e. The molecule has 1 saturated heterocycles. The summed E-state index contributed by atoms with van der Waals surface area (Å²) in [6.45, 7) is 9.15. The van der Waals surface area contributed by atoms with Crippen LogP contribution in [0, 0.1) is 12.8 Å². The van der Waals surface area contributed by atoms with Gasteiger partial charge in [0.15, 0.2) is 0 Å². The minimum absolute atomic E-state index is 0.0118. The van der Waals surface area contributed by atoms with E-state index in [1.165, 1.54) is 5.56 Å². The number of allylic oxidation sites excluding steroid dienone is 5. The van der Waals surface area contributed by atoms with Crippen molar-refractivity contribution in [2.75, 3.05) is 31.5 Å². The summed E-state index contributed by atoms with van der Waals surface area (Å²) in [5.41, 5.74) is 2.88. The molecule has 3 aliphatic rings. The van der Waals surface area contributed by atoms with Crippen LogP contribution in [-0.2, 0) is 0 Å². The zero-order valence-electron chi connectivity index (χ0n) is 22.8. The highest BCUT2D eigenvalue weighted by molar-refractivity contribution is 5.94. The smallest absolute Gasteiger partial charge is 0.274 e. The molecule has 1 amide bonds. The number of carbonyl (C=O) groups is 1. The predicted octanol–water partition coefficient (Wildman–Crippen LogP) is 4.60. The van der Waals surface area contributed by atoms with Crippen molar-refractivity contribution in [2.45, 2.75) is 63.6 Å². The molecule has 0 radical (unpaired) electrons. The summed E-state index contributed by atoms with van der Waals surface area (Å²) in [6, 6.07) is 8.20. The number of para-hydroxylation sites is 1. The van der Waals surface area contributed by atoms with Crippen molar-refractivity contribution in [3.63, 3.8) is 0 Å². The monoisotopic (exact) mass is 515 g/mol. The molecule has 1 aromatic heterocycles. The second kappa shape index (κ2) is 11.3. The first-order chi connectivity index (χ1) is 18.4. The molecule has 5 atom stereocenters. The van der Waals surface area contributed by atoms with Crippen LogP contribution < -0.4 is 10.6 Å². The molecule has 2 aromatic rings. The van der Waals surface area contributed by atoms with Gasteiger partial charge in [0.1, 0.15) is 5.69 Å². The summed E-state index contributed by atoms with van der Waals surface area (Å²) in [4.78, 5) is 21.0. The molecular formula is C31H41N5O2. The lowest BCUT2D eigenvalue weighted by molar-refractivity contribution is 0.00269. The Morgan fingerprint density at radius 3 is 2.84 bits per heavy atom. The molecule has 0 spiro atoms. The summed E-state index contributed by atoms with van der Waals surface area (Å²) in [5, 5.41) is 18.3. The van der Waals surface area contributed by atoms with Crippen molar-refractivity contribution in [2.24, 2.45) is 5.92 Å². The summed E-state index contributed by atoms with van der Waals surface area (Å²) < 4.78 is 2.10. The zero-order chi connectivity index (χ0) is 26.7. The van der Waals surface area contributed by atoms with Crippen LogP contribution in [0.25, 0.3) is 0 Å². The third-order valence-corrected chi connectivity index (χ3v) is 8.42. The normalized spacial score (nSPS) is 29.0. The van der Waals surface area contributed by atoms with Crippen molar-refractivity contribution in [1.29, 1.82) is 0 Å². The van der Waals surface area contributed by atoms with E-state index < -0.39 is 5.60 Å². The fourth-order valence-corrected chi connectivity index (χ4v) is 6.09. The van der Waals surface area contributed by atoms with Crippen molar-refractivity contribution >= 4 is 11.6 Å².